The van der Waals surface area contributed by atoms with Crippen molar-refractivity contribution in [2.75, 3.05) is 21.1 Å². The second kappa shape index (κ2) is 7.60. The number of amides is 2. The SMILES string of the molecule is CNC(=O)OSC(=N[S+]([O-])Cl)C(=O)N(C)C. The van der Waals surface area contributed by atoms with Crippen LogP contribution in [0.1, 0.15) is 0 Å². The maximum absolute atomic E-state index is 11.4. The molecule has 0 aromatic rings. The fourth-order valence-corrected chi connectivity index (χ4v) is 1.82. The van der Waals surface area contributed by atoms with Crippen LogP contribution in [-0.2, 0) is 19.6 Å². The lowest BCUT2D eigenvalue weighted by Gasteiger charge is -2.09. The normalized spacial score (nSPS) is 12.9. The van der Waals surface area contributed by atoms with E-state index in [9.17, 15) is 14.1 Å². The van der Waals surface area contributed by atoms with Gasteiger partial charge in [0.1, 0.15) is 12.0 Å². The molecule has 1 atom stereocenters. The smallest absolute Gasteiger partial charge is 0.419 e. The van der Waals surface area contributed by atoms with Gasteiger partial charge in [-0.25, -0.2) is 4.79 Å². The van der Waals surface area contributed by atoms with Crippen LogP contribution in [0.3, 0.4) is 0 Å². The van der Waals surface area contributed by atoms with Crippen molar-refractivity contribution in [3.63, 3.8) is 0 Å². The van der Waals surface area contributed by atoms with Crippen molar-refractivity contribution < 1.29 is 18.3 Å². The van der Waals surface area contributed by atoms with Crippen LogP contribution in [0.2, 0.25) is 0 Å². The van der Waals surface area contributed by atoms with Crippen LogP contribution >= 0.6 is 22.7 Å². The van der Waals surface area contributed by atoms with Crippen molar-refractivity contribution in [3.8, 4) is 0 Å². The third-order valence-corrected chi connectivity index (χ3v) is 2.45. The molecule has 16 heavy (non-hydrogen) atoms. The molecule has 0 aromatic heterocycles. The molecule has 0 aliphatic rings. The van der Waals surface area contributed by atoms with E-state index in [0.29, 0.717) is 12.0 Å². The summed E-state index contributed by atoms with van der Waals surface area (Å²) in [6, 6.07) is 0. The van der Waals surface area contributed by atoms with E-state index in [1.54, 1.807) is 0 Å². The molecular weight excluding hydrogens is 278 g/mol. The third kappa shape index (κ3) is 6.05. The van der Waals surface area contributed by atoms with Crippen molar-refractivity contribution in [1.82, 2.24) is 10.2 Å². The molecule has 1 N–H and O–H groups in total. The second-order valence-electron chi connectivity index (χ2n) is 2.51. The molecule has 0 aromatic carbocycles. The Hall–Kier alpha value is -0.640. The predicted molar refractivity (Wildman–Crippen MR) is 63.3 cm³/mol. The molecule has 2 amide bonds. The fourth-order valence-electron chi connectivity index (χ4n) is 0.465. The molecule has 0 saturated heterocycles. The highest BCUT2D eigenvalue weighted by atomic mass is 35.7. The first-order valence-electron chi connectivity index (χ1n) is 3.83. The fraction of sp³-hybridized carbons (Fsp3) is 0.500. The van der Waals surface area contributed by atoms with E-state index in [1.807, 2.05) is 0 Å². The number of rotatable bonds is 1. The van der Waals surface area contributed by atoms with Crippen LogP contribution in [0.15, 0.2) is 4.40 Å². The van der Waals surface area contributed by atoms with Crippen LogP contribution in [0.25, 0.3) is 0 Å². The Balaban J connectivity index is 4.58. The number of carbonyl (C=O) groups is 2. The van der Waals surface area contributed by atoms with Crippen molar-refractivity contribution >= 4 is 50.3 Å². The van der Waals surface area contributed by atoms with E-state index in [2.05, 4.69) is 13.9 Å². The van der Waals surface area contributed by atoms with Crippen molar-refractivity contribution in [1.29, 1.82) is 0 Å². The first kappa shape index (κ1) is 15.4. The van der Waals surface area contributed by atoms with Crippen molar-refractivity contribution in [3.05, 3.63) is 0 Å². The topological polar surface area (TPSA) is 94.1 Å². The van der Waals surface area contributed by atoms with E-state index in [0.717, 1.165) is 0 Å². The molecule has 0 saturated carbocycles. The molecule has 0 aliphatic carbocycles. The van der Waals surface area contributed by atoms with Gasteiger partial charge in [-0.3, -0.25) is 4.79 Å². The van der Waals surface area contributed by atoms with E-state index in [4.69, 9.17) is 10.7 Å². The molecule has 7 nitrogen and oxygen atoms in total. The van der Waals surface area contributed by atoms with Gasteiger partial charge in [0.25, 0.3) is 11.0 Å². The molecule has 10 heteroatoms. The molecule has 0 spiro atoms. The maximum Gasteiger partial charge on any atom is 0.419 e. The summed E-state index contributed by atoms with van der Waals surface area (Å²) in [6.45, 7) is 0. The van der Waals surface area contributed by atoms with Gasteiger partial charge in [-0.05, 0) is 4.40 Å². The summed E-state index contributed by atoms with van der Waals surface area (Å²) in [6.07, 6.45) is -0.760. The standard InChI is InChI=1S/C6H10ClN3O4S2/c1-8-6(12)14-15-4(9-16(7)13)5(11)10(2)3/h1-3H3,(H,8,12). The zero-order chi connectivity index (χ0) is 12.7. The van der Waals surface area contributed by atoms with Crippen LogP contribution in [0, 0.1) is 0 Å². The average molecular weight is 288 g/mol. The summed E-state index contributed by atoms with van der Waals surface area (Å²) in [5, 5.41) is 1.90. The van der Waals surface area contributed by atoms with Gasteiger partial charge in [0.05, 0.1) is 0 Å². The largest absolute Gasteiger partial charge is 0.573 e. The minimum absolute atomic E-state index is 0.276. The first-order chi connectivity index (χ1) is 7.38. The summed E-state index contributed by atoms with van der Waals surface area (Å²) in [4.78, 5) is 23.4. The summed E-state index contributed by atoms with van der Waals surface area (Å²) in [7, 11) is 7.34. The van der Waals surface area contributed by atoms with Gasteiger partial charge in [-0.2, -0.15) is 0 Å². The van der Waals surface area contributed by atoms with Crippen molar-refractivity contribution in [2.45, 2.75) is 0 Å². The number of nitrogens with zero attached hydrogens (tertiary/aromatic N) is 2. The molecule has 0 fully saturated rings. The molecule has 1 unspecified atom stereocenters. The number of carbonyl (C=O) groups excluding carboxylic acids is 2. The highest BCUT2D eigenvalue weighted by Gasteiger charge is 2.21. The Labute approximate surface area is 105 Å². The molecule has 0 rings (SSSR count). The van der Waals surface area contributed by atoms with Crippen LogP contribution in [-0.4, -0.2) is 47.6 Å². The van der Waals surface area contributed by atoms with Gasteiger partial charge >= 0.3 is 6.09 Å². The van der Waals surface area contributed by atoms with Crippen LogP contribution in [0.4, 0.5) is 4.79 Å². The van der Waals surface area contributed by atoms with Gasteiger partial charge in [0, 0.05) is 21.1 Å². The Morgan fingerprint density at radius 1 is 1.56 bits per heavy atom. The quantitative estimate of drug-likeness (QED) is 0.324. The van der Waals surface area contributed by atoms with Gasteiger partial charge < -0.3 is 19.0 Å². The monoisotopic (exact) mass is 287 g/mol. The lowest BCUT2D eigenvalue weighted by Crippen LogP contribution is -2.29. The lowest BCUT2D eigenvalue weighted by atomic mass is 10.6. The highest BCUT2D eigenvalue weighted by Crippen LogP contribution is 2.12. The first-order valence-corrected chi connectivity index (χ1v) is 6.50. The van der Waals surface area contributed by atoms with Gasteiger partial charge in [0.2, 0.25) is 21.3 Å². The summed E-state index contributed by atoms with van der Waals surface area (Å²) in [5.74, 6) is -0.567. The molecular formula is C6H10ClN3O4S2. The number of nitrogens with one attached hydrogen (secondary N) is 1. The maximum atomic E-state index is 11.4. The minimum Gasteiger partial charge on any atom is -0.573 e. The van der Waals surface area contributed by atoms with E-state index in [-0.39, 0.29) is 5.04 Å². The zero-order valence-electron chi connectivity index (χ0n) is 8.72. The van der Waals surface area contributed by atoms with Gasteiger partial charge in [-0.1, -0.05) is 0 Å². The van der Waals surface area contributed by atoms with Crippen molar-refractivity contribution in [2.24, 2.45) is 4.40 Å². The summed E-state index contributed by atoms with van der Waals surface area (Å²) in [5.41, 5.74) is 0. The predicted octanol–water partition coefficient (Wildman–Crippen LogP) is 0.295. The lowest BCUT2D eigenvalue weighted by molar-refractivity contribution is -0.121. The summed E-state index contributed by atoms with van der Waals surface area (Å²) < 4.78 is 18.5. The molecule has 0 radical (unpaired) electrons. The highest BCUT2D eigenvalue weighted by molar-refractivity contribution is 8.16. The molecule has 0 bridgehead atoms. The average Bonchev–Trinajstić information content (AvgIpc) is 2.21. The number of hydrogen-bond acceptors (Lipinski definition) is 6. The van der Waals surface area contributed by atoms with Gasteiger partial charge in [-0.15, -0.1) is 0 Å². The number of hydrogen-bond donors (Lipinski definition) is 1. The third-order valence-electron chi connectivity index (χ3n) is 1.14. The van der Waals surface area contributed by atoms with Crippen LogP contribution in [0.5, 0.6) is 0 Å². The molecule has 0 heterocycles. The Morgan fingerprint density at radius 2 is 2.12 bits per heavy atom. The Bertz CT molecular complexity index is 297. The van der Waals surface area contributed by atoms with Crippen LogP contribution < -0.4 is 5.32 Å². The van der Waals surface area contributed by atoms with E-state index in [1.165, 1.54) is 26.0 Å². The number of halogens is 1. The second-order valence-corrected chi connectivity index (χ2v) is 4.61. The Morgan fingerprint density at radius 3 is 2.50 bits per heavy atom. The zero-order valence-corrected chi connectivity index (χ0v) is 11.1. The summed E-state index contributed by atoms with van der Waals surface area (Å²) >= 11 is 0.388. The molecule has 92 valence electrons. The van der Waals surface area contributed by atoms with E-state index < -0.39 is 22.6 Å². The Kier molecular flexibility index (Phi) is 7.30. The molecule has 0 aliphatic heterocycles. The van der Waals surface area contributed by atoms with Gasteiger partial charge in [0.15, 0.2) is 0 Å². The van der Waals surface area contributed by atoms with E-state index >= 15 is 0 Å². The minimum atomic E-state index is -2.07.